The van der Waals surface area contributed by atoms with Crippen molar-refractivity contribution in [3.63, 3.8) is 0 Å². The normalized spacial score (nSPS) is 18.2. The van der Waals surface area contributed by atoms with E-state index in [-0.39, 0.29) is 0 Å². The second-order valence-corrected chi connectivity index (χ2v) is 11.9. The van der Waals surface area contributed by atoms with Crippen molar-refractivity contribution in [2.45, 2.75) is 44.9 Å². The van der Waals surface area contributed by atoms with Crippen LogP contribution in [0.2, 0.25) is 25.7 Å². The van der Waals surface area contributed by atoms with Crippen LogP contribution >= 0.6 is 11.8 Å². The number of allylic oxidation sites excluding steroid dienone is 2. The molecule has 0 saturated carbocycles. The van der Waals surface area contributed by atoms with E-state index in [1.54, 1.807) is 0 Å². The van der Waals surface area contributed by atoms with Crippen LogP contribution in [0, 0.1) is 0 Å². The zero-order valence-electron chi connectivity index (χ0n) is 9.43. The molecular weight excluding hydrogens is 208 g/mol. The molecule has 0 aromatic rings. The average Bonchev–Trinajstić information content (AvgIpc) is 2.01. The van der Waals surface area contributed by atoms with Gasteiger partial charge in [-0.05, 0) is 35.6 Å². The summed E-state index contributed by atoms with van der Waals surface area (Å²) >= 11 is 1.90. The monoisotopic (exact) mass is 228 g/mol. The highest BCUT2D eigenvalue weighted by Gasteiger charge is 2.14. The van der Waals surface area contributed by atoms with Crippen molar-refractivity contribution in [2.75, 3.05) is 5.75 Å². The first-order chi connectivity index (χ1) is 6.47. The van der Waals surface area contributed by atoms with Crippen molar-refractivity contribution in [2.24, 2.45) is 0 Å². The van der Waals surface area contributed by atoms with Gasteiger partial charge in [-0.25, -0.2) is 0 Å². The first kappa shape index (κ1) is 12.0. The molecule has 1 rings (SSSR count). The van der Waals surface area contributed by atoms with Gasteiger partial charge in [0.15, 0.2) is 5.78 Å². The first-order valence-electron chi connectivity index (χ1n) is 5.33. The zero-order chi connectivity index (χ0) is 10.6. The molecule has 80 valence electrons. The van der Waals surface area contributed by atoms with Crippen LogP contribution in [0.15, 0.2) is 11.0 Å². The molecule has 0 aromatic carbocycles. The minimum absolute atomic E-state index is 0.326. The summed E-state index contributed by atoms with van der Waals surface area (Å²) < 4.78 is 0. The van der Waals surface area contributed by atoms with Crippen LogP contribution in [0.1, 0.15) is 19.3 Å². The van der Waals surface area contributed by atoms with E-state index >= 15 is 0 Å². The second kappa shape index (κ2) is 5.17. The zero-order valence-corrected chi connectivity index (χ0v) is 11.2. The highest BCUT2D eigenvalue weighted by molar-refractivity contribution is 8.03. The molecule has 3 heteroatoms. The summed E-state index contributed by atoms with van der Waals surface area (Å²) in [6.07, 6.45) is 4.81. The topological polar surface area (TPSA) is 17.1 Å². The van der Waals surface area contributed by atoms with Crippen LogP contribution in [0.3, 0.4) is 0 Å². The van der Waals surface area contributed by atoms with E-state index < -0.39 is 8.07 Å². The van der Waals surface area contributed by atoms with Gasteiger partial charge in [0.1, 0.15) is 0 Å². The van der Waals surface area contributed by atoms with E-state index in [2.05, 4.69) is 19.6 Å². The van der Waals surface area contributed by atoms with Crippen molar-refractivity contribution in [1.29, 1.82) is 0 Å². The molecule has 0 atom stereocenters. The smallest absolute Gasteiger partial charge is 0.156 e. The number of hydrogen-bond donors (Lipinski definition) is 0. The Kier molecular flexibility index (Phi) is 4.45. The summed E-state index contributed by atoms with van der Waals surface area (Å²) in [5, 5.41) is 0. The van der Waals surface area contributed by atoms with Crippen molar-refractivity contribution in [3.8, 4) is 0 Å². The molecule has 1 nitrogen and oxygen atoms in total. The Morgan fingerprint density at radius 2 is 2.07 bits per heavy atom. The van der Waals surface area contributed by atoms with Crippen LogP contribution < -0.4 is 0 Å². The molecular formula is C11H20OSSi. The lowest BCUT2D eigenvalue weighted by Crippen LogP contribution is -2.19. The summed E-state index contributed by atoms with van der Waals surface area (Å²) in [6.45, 7) is 7.19. The Morgan fingerprint density at radius 1 is 1.36 bits per heavy atom. The lowest BCUT2D eigenvalue weighted by Gasteiger charge is -2.16. The maximum absolute atomic E-state index is 11.2. The molecule has 0 spiro atoms. The SMILES string of the molecule is C[Si](C)(C)CCSC1=CC(=O)CCC1. The molecule has 0 bridgehead atoms. The summed E-state index contributed by atoms with van der Waals surface area (Å²) in [4.78, 5) is 12.5. The van der Waals surface area contributed by atoms with Gasteiger partial charge in [-0.1, -0.05) is 19.6 Å². The molecule has 0 amide bonds. The van der Waals surface area contributed by atoms with Crippen LogP contribution in [-0.4, -0.2) is 19.6 Å². The standard InChI is InChI=1S/C11H20OSSi/c1-14(2,3)8-7-13-11-6-4-5-10(12)9-11/h9H,4-8H2,1-3H3. The molecule has 1 aliphatic carbocycles. The van der Waals surface area contributed by atoms with Crippen molar-refractivity contribution >= 4 is 25.6 Å². The highest BCUT2D eigenvalue weighted by Crippen LogP contribution is 2.27. The van der Waals surface area contributed by atoms with Crippen LogP contribution in [0.5, 0.6) is 0 Å². The predicted octanol–water partition coefficient (Wildman–Crippen LogP) is 3.69. The van der Waals surface area contributed by atoms with Crippen molar-refractivity contribution in [1.82, 2.24) is 0 Å². The summed E-state index contributed by atoms with van der Waals surface area (Å²) in [7, 11) is -0.892. The number of thioether (sulfide) groups is 1. The van der Waals surface area contributed by atoms with E-state index in [4.69, 9.17) is 0 Å². The van der Waals surface area contributed by atoms with Gasteiger partial charge in [0.2, 0.25) is 0 Å². The third kappa shape index (κ3) is 5.01. The van der Waals surface area contributed by atoms with Gasteiger partial charge >= 0.3 is 0 Å². The van der Waals surface area contributed by atoms with Gasteiger partial charge in [0.25, 0.3) is 0 Å². The Bertz CT molecular complexity index is 240. The molecule has 0 fully saturated rings. The first-order valence-corrected chi connectivity index (χ1v) is 10.0. The molecule has 1 aliphatic rings. The molecule has 0 aliphatic heterocycles. The number of carbonyl (C=O) groups is 1. The molecule has 0 unspecified atom stereocenters. The third-order valence-corrected chi connectivity index (χ3v) is 5.52. The van der Waals surface area contributed by atoms with Crippen molar-refractivity contribution in [3.05, 3.63) is 11.0 Å². The summed E-state index contributed by atoms with van der Waals surface area (Å²) in [6, 6.07) is 1.35. The van der Waals surface area contributed by atoms with Gasteiger partial charge in [-0.2, -0.15) is 0 Å². The van der Waals surface area contributed by atoms with Gasteiger partial charge in [-0.15, -0.1) is 11.8 Å². The van der Waals surface area contributed by atoms with E-state index in [0.29, 0.717) is 5.78 Å². The lowest BCUT2D eigenvalue weighted by molar-refractivity contribution is -0.115. The van der Waals surface area contributed by atoms with E-state index in [1.165, 1.54) is 16.7 Å². The minimum Gasteiger partial charge on any atom is -0.295 e. The number of hydrogen-bond acceptors (Lipinski definition) is 2. The number of ketones is 1. The van der Waals surface area contributed by atoms with Crippen molar-refractivity contribution < 1.29 is 4.79 Å². The second-order valence-electron chi connectivity index (χ2n) is 5.09. The molecule has 0 N–H and O–H groups in total. The van der Waals surface area contributed by atoms with Crippen LogP contribution in [-0.2, 0) is 4.79 Å². The summed E-state index contributed by atoms with van der Waals surface area (Å²) in [5.74, 6) is 1.53. The van der Waals surface area contributed by atoms with Gasteiger partial charge in [-0.3, -0.25) is 4.79 Å². The van der Waals surface area contributed by atoms with Gasteiger partial charge in [0, 0.05) is 14.5 Å². The quantitative estimate of drug-likeness (QED) is 0.683. The Balaban J connectivity index is 2.28. The Labute approximate surface area is 92.4 Å². The summed E-state index contributed by atoms with van der Waals surface area (Å²) in [5.41, 5.74) is 0. The number of rotatable bonds is 4. The fourth-order valence-electron chi connectivity index (χ4n) is 1.36. The predicted molar refractivity (Wildman–Crippen MR) is 67.6 cm³/mol. The molecule has 0 aromatic heterocycles. The van der Waals surface area contributed by atoms with Gasteiger partial charge < -0.3 is 0 Å². The molecule has 0 radical (unpaired) electrons. The fraction of sp³-hybridized carbons (Fsp3) is 0.727. The van der Waals surface area contributed by atoms with Crippen LogP contribution in [0.4, 0.5) is 0 Å². The largest absolute Gasteiger partial charge is 0.295 e. The number of carbonyl (C=O) groups excluding carboxylic acids is 1. The maximum atomic E-state index is 11.2. The maximum Gasteiger partial charge on any atom is 0.156 e. The average molecular weight is 228 g/mol. The lowest BCUT2D eigenvalue weighted by atomic mass is 10.1. The Hall–Kier alpha value is -0.0231. The van der Waals surface area contributed by atoms with E-state index in [0.717, 1.165) is 19.3 Å². The van der Waals surface area contributed by atoms with Crippen LogP contribution in [0.25, 0.3) is 0 Å². The fourth-order valence-corrected chi connectivity index (χ4v) is 4.99. The Morgan fingerprint density at radius 3 is 2.64 bits per heavy atom. The minimum atomic E-state index is -0.892. The third-order valence-electron chi connectivity index (χ3n) is 2.31. The highest BCUT2D eigenvalue weighted by atomic mass is 32.2. The molecule has 14 heavy (non-hydrogen) atoms. The van der Waals surface area contributed by atoms with E-state index in [9.17, 15) is 4.79 Å². The van der Waals surface area contributed by atoms with Gasteiger partial charge in [0.05, 0.1) is 0 Å². The molecule has 0 saturated heterocycles. The molecule has 0 heterocycles. The van der Waals surface area contributed by atoms with E-state index in [1.807, 2.05) is 17.8 Å².